The van der Waals surface area contributed by atoms with Gasteiger partial charge in [0, 0.05) is 5.69 Å². The van der Waals surface area contributed by atoms with Crippen molar-refractivity contribution in [2.24, 2.45) is 0 Å². The number of nitrogen functional groups attached to an aromatic ring is 1. The monoisotopic (exact) mass is 289 g/mol. The molecule has 110 valence electrons. The third-order valence-electron chi connectivity index (χ3n) is 3.63. The van der Waals surface area contributed by atoms with Gasteiger partial charge in [0.1, 0.15) is 5.75 Å². The van der Waals surface area contributed by atoms with E-state index >= 15 is 0 Å². The molecule has 0 atom stereocenters. The number of rotatable bonds is 4. The normalized spacial score (nSPS) is 10.4. The van der Waals surface area contributed by atoms with E-state index in [2.05, 4.69) is 36.4 Å². The molecule has 0 aromatic heterocycles. The second-order valence-electron chi connectivity index (χ2n) is 5.16. The number of anilines is 1. The van der Waals surface area contributed by atoms with Gasteiger partial charge in [0.15, 0.2) is 0 Å². The SMILES string of the molecule is CCOc1ccc(-c2ccc(-c3ccc(N)cc3)cc2)cc1. The van der Waals surface area contributed by atoms with Crippen molar-refractivity contribution in [3.05, 3.63) is 72.8 Å². The minimum absolute atomic E-state index is 0.690. The molecule has 0 amide bonds. The Hall–Kier alpha value is -2.74. The van der Waals surface area contributed by atoms with Gasteiger partial charge < -0.3 is 10.5 Å². The summed E-state index contributed by atoms with van der Waals surface area (Å²) < 4.78 is 5.47. The fourth-order valence-electron chi connectivity index (χ4n) is 2.44. The van der Waals surface area contributed by atoms with Crippen LogP contribution in [0, 0.1) is 0 Å². The number of nitrogens with two attached hydrogens (primary N) is 1. The van der Waals surface area contributed by atoms with Crippen molar-refractivity contribution < 1.29 is 4.74 Å². The van der Waals surface area contributed by atoms with Gasteiger partial charge in [0.05, 0.1) is 6.61 Å². The predicted octanol–water partition coefficient (Wildman–Crippen LogP) is 5.00. The van der Waals surface area contributed by atoms with Crippen LogP contribution in [0.2, 0.25) is 0 Å². The molecule has 0 radical (unpaired) electrons. The Morgan fingerprint density at radius 2 is 1.00 bits per heavy atom. The molecule has 2 heteroatoms. The van der Waals surface area contributed by atoms with E-state index in [1.165, 1.54) is 22.3 Å². The Morgan fingerprint density at radius 3 is 1.41 bits per heavy atom. The van der Waals surface area contributed by atoms with Gasteiger partial charge >= 0.3 is 0 Å². The van der Waals surface area contributed by atoms with E-state index in [1.807, 2.05) is 43.3 Å². The van der Waals surface area contributed by atoms with Crippen LogP contribution >= 0.6 is 0 Å². The summed E-state index contributed by atoms with van der Waals surface area (Å²) in [5.74, 6) is 0.907. The van der Waals surface area contributed by atoms with Crippen molar-refractivity contribution >= 4 is 5.69 Å². The highest BCUT2D eigenvalue weighted by molar-refractivity contribution is 5.71. The molecular formula is C20H19NO. The minimum atomic E-state index is 0.690. The standard InChI is InChI=1S/C20H19NO/c1-2-22-20-13-9-18(10-14-20)16-5-3-15(4-6-16)17-7-11-19(21)12-8-17/h3-14H,2,21H2,1H3. The molecule has 0 fully saturated rings. The molecular weight excluding hydrogens is 270 g/mol. The molecule has 22 heavy (non-hydrogen) atoms. The van der Waals surface area contributed by atoms with Crippen LogP contribution in [-0.4, -0.2) is 6.61 Å². The average molecular weight is 289 g/mol. The third kappa shape index (κ3) is 3.12. The quantitative estimate of drug-likeness (QED) is 0.686. The maximum absolute atomic E-state index is 5.73. The number of ether oxygens (including phenoxy) is 1. The van der Waals surface area contributed by atoms with E-state index in [-0.39, 0.29) is 0 Å². The summed E-state index contributed by atoms with van der Waals surface area (Å²) in [7, 11) is 0. The van der Waals surface area contributed by atoms with Crippen molar-refractivity contribution in [3.8, 4) is 28.0 Å². The van der Waals surface area contributed by atoms with Gasteiger partial charge in [-0.2, -0.15) is 0 Å². The summed E-state index contributed by atoms with van der Waals surface area (Å²) >= 11 is 0. The first kappa shape index (κ1) is 14.2. The largest absolute Gasteiger partial charge is 0.494 e. The molecule has 0 saturated heterocycles. The highest BCUT2D eigenvalue weighted by atomic mass is 16.5. The van der Waals surface area contributed by atoms with E-state index in [1.54, 1.807) is 0 Å². The summed E-state index contributed by atoms with van der Waals surface area (Å²) in [6.07, 6.45) is 0. The smallest absolute Gasteiger partial charge is 0.119 e. The van der Waals surface area contributed by atoms with E-state index in [4.69, 9.17) is 10.5 Å². The lowest BCUT2D eigenvalue weighted by Gasteiger charge is -2.07. The Kier molecular flexibility index (Phi) is 4.10. The summed E-state index contributed by atoms with van der Waals surface area (Å²) in [5, 5.41) is 0. The first-order chi connectivity index (χ1) is 10.8. The van der Waals surface area contributed by atoms with Gasteiger partial charge in [-0.05, 0) is 53.4 Å². The van der Waals surface area contributed by atoms with Crippen LogP contribution in [0.4, 0.5) is 5.69 Å². The summed E-state index contributed by atoms with van der Waals surface area (Å²) in [5.41, 5.74) is 11.3. The number of hydrogen-bond acceptors (Lipinski definition) is 2. The van der Waals surface area contributed by atoms with Gasteiger partial charge in [-0.3, -0.25) is 0 Å². The van der Waals surface area contributed by atoms with Crippen LogP contribution in [-0.2, 0) is 0 Å². The second kappa shape index (κ2) is 6.35. The topological polar surface area (TPSA) is 35.2 Å². The fraction of sp³-hybridized carbons (Fsp3) is 0.100. The molecule has 3 aromatic rings. The molecule has 0 heterocycles. The lowest BCUT2D eigenvalue weighted by atomic mass is 10.0. The summed E-state index contributed by atoms with van der Waals surface area (Å²) in [6.45, 7) is 2.68. The lowest BCUT2D eigenvalue weighted by molar-refractivity contribution is 0.340. The molecule has 0 aliphatic carbocycles. The van der Waals surface area contributed by atoms with Crippen molar-refractivity contribution in [2.75, 3.05) is 12.3 Å². The summed E-state index contributed by atoms with van der Waals surface area (Å²) in [6, 6.07) is 24.7. The Bertz CT molecular complexity index is 728. The van der Waals surface area contributed by atoms with Crippen molar-refractivity contribution in [1.29, 1.82) is 0 Å². The predicted molar refractivity (Wildman–Crippen MR) is 92.9 cm³/mol. The Balaban J connectivity index is 1.83. The first-order valence-corrected chi connectivity index (χ1v) is 7.45. The molecule has 2 N–H and O–H groups in total. The molecule has 0 unspecified atom stereocenters. The van der Waals surface area contributed by atoms with Crippen molar-refractivity contribution in [1.82, 2.24) is 0 Å². The van der Waals surface area contributed by atoms with Gasteiger partial charge in [-0.25, -0.2) is 0 Å². The number of benzene rings is 3. The van der Waals surface area contributed by atoms with Gasteiger partial charge in [0.2, 0.25) is 0 Å². The van der Waals surface area contributed by atoms with E-state index in [0.717, 1.165) is 11.4 Å². The highest BCUT2D eigenvalue weighted by Crippen LogP contribution is 2.26. The maximum atomic E-state index is 5.73. The van der Waals surface area contributed by atoms with Crippen LogP contribution in [0.5, 0.6) is 5.75 Å². The van der Waals surface area contributed by atoms with Gasteiger partial charge in [-0.15, -0.1) is 0 Å². The molecule has 0 aliphatic rings. The van der Waals surface area contributed by atoms with Crippen molar-refractivity contribution in [3.63, 3.8) is 0 Å². The van der Waals surface area contributed by atoms with Crippen LogP contribution < -0.4 is 10.5 Å². The van der Waals surface area contributed by atoms with E-state index in [9.17, 15) is 0 Å². The Morgan fingerprint density at radius 1 is 0.636 bits per heavy atom. The molecule has 0 bridgehead atoms. The van der Waals surface area contributed by atoms with Crippen LogP contribution in [0.25, 0.3) is 22.3 Å². The molecule has 0 aliphatic heterocycles. The zero-order chi connectivity index (χ0) is 15.4. The minimum Gasteiger partial charge on any atom is -0.494 e. The number of hydrogen-bond donors (Lipinski definition) is 1. The molecule has 3 aromatic carbocycles. The third-order valence-corrected chi connectivity index (χ3v) is 3.63. The maximum Gasteiger partial charge on any atom is 0.119 e. The van der Waals surface area contributed by atoms with Crippen LogP contribution in [0.15, 0.2) is 72.8 Å². The molecule has 2 nitrogen and oxygen atoms in total. The summed E-state index contributed by atoms with van der Waals surface area (Å²) in [4.78, 5) is 0. The zero-order valence-electron chi connectivity index (χ0n) is 12.6. The average Bonchev–Trinajstić information content (AvgIpc) is 2.57. The van der Waals surface area contributed by atoms with E-state index in [0.29, 0.717) is 6.61 Å². The molecule has 0 saturated carbocycles. The Labute approximate surface area is 131 Å². The van der Waals surface area contributed by atoms with Crippen LogP contribution in [0.3, 0.4) is 0 Å². The van der Waals surface area contributed by atoms with Gasteiger partial charge in [0.25, 0.3) is 0 Å². The van der Waals surface area contributed by atoms with Crippen molar-refractivity contribution in [2.45, 2.75) is 6.92 Å². The van der Waals surface area contributed by atoms with Gasteiger partial charge in [-0.1, -0.05) is 48.5 Å². The molecule has 0 spiro atoms. The highest BCUT2D eigenvalue weighted by Gasteiger charge is 2.01. The van der Waals surface area contributed by atoms with E-state index < -0.39 is 0 Å². The zero-order valence-corrected chi connectivity index (χ0v) is 12.6. The lowest BCUT2D eigenvalue weighted by Crippen LogP contribution is -1.90. The first-order valence-electron chi connectivity index (χ1n) is 7.45. The fourth-order valence-corrected chi connectivity index (χ4v) is 2.44. The van der Waals surface area contributed by atoms with Crippen LogP contribution in [0.1, 0.15) is 6.92 Å². The second-order valence-corrected chi connectivity index (χ2v) is 5.16. The molecule has 3 rings (SSSR count).